The van der Waals surface area contributed by atoms with Crippen LogP contribution in [-0.4, -0.2) is 24.1 Å². The Morgan fingerprint density at radius 2 is 1.12 bits per heavy atom. The van der Waals surface area contributed by atoms with Crippen molar-refractivity contribution in [2.24, 2.45) is 0 Å². The van der Waals surface area contributed by atoms with E-state index in [-0.39, 0.29) is 0 Å². The normalized spacial score (nSPS) is 10.8. The van der Waals surface area contributed by atoms with Gasteiger partial charge in [0.1, 0.15) is 13.2 Å². The molecule has 0 atom stereocenters. The van der Waals surface area contributed by atoms with Gasteiger partial charge in [-0.05, 0) is 120 Å². The highest BCUT2D eigenvalue weighted by atomic mass is 127. The number of hydrogen-bond donors (Lipinski definition) is 1. The molecule has 0 aliphatic rings. The number of nitrogens with two attached hydrogens (primary N) is 1. The van der Waals surface area contributed by atoms with Gasteiger partial charge in [0.15, 0.2) is 5.82 Å². The number of aryl methyl sites for hydroxylation is 2. The first kappa shape index (κ1) is 25.1. The summed E-state index contributed by atoms with van der Waals surface area (Å²) in [5, 5.41) is 10.3. The van der Waals surface area contributed by atoms with Gasteiger partial charge in [0, 0.05) is 33.6 Å². The molecule has 0 aliphatic carbocycles. The molecule has 0 unspecified atom stereocenters. The predicted molar refractivity (Wildman–Crippen MR) is 156 cm³/mol. The molecule has 0 spiro atoms. The van der Waals surface area contributed by atoms with E-state index in [2.05, 4.69) is 86.9 Å². The van der Waals surface area contributed by atoms with E-state index in [9.17, 15) is 0 Å². The second-order valence-corrected chi connectivity index (χ2v) is 10.5. The second-order valence-electron chi connectivity index (χ2n) is 7.45. The number of hydrogen-bond acceptors (Lipinski definition) is 3. The number of halogens is 4. The summed E-state index contributed by atoms with van der Waals surface area (Å²) >= 11 is 16.2. The smallest absolute Gasteiger partial charge is 0.160 e. The molecule has 3 heterocycles. The zero-order valence-corrected chi connectivity index (χ0v) is 24.1. The monoisotopic (exact) mass is 716 g/mol. The molecule has 0 bridgehead atoms. The molecule has 34 heavy (non-hydrogen) atoms. The van der Waals surface area contributed by atoms with Crippen molar-refractivity contribution in [1.29, 1.82) is 0 Å². The van der Waals surface area contributed by atoms with Gasteiger partial charge in [0.25, 0.3) is 0 Å². The Morgan fingerprint density at radius 3 is 1.56 bits per heavy atom. The summed E-state index contributed by atoms with van der Waals surface area (Å²) in [6.07, 6.45) is 0. The highest BCUT2D eigenvalue weighted by molar-refractivity contribution is 14.1. The average Bonchev–Trinajstić information content (AvgIpc) is 3.45. The minimum absolute atomic E-state index is 0.518. The van der Waals surface area contributed by atoms with Crippen molar-refractivity contribution in [3.05, 3.63) is 102 Å². The van der Waals surface area contributed by atoms with Gasteiger partial charge in [-0.3, -0.25) is 0 Å². The topological polar surface area (TPSA) is 66.6 Å². The third-order valence-electron chi connectivity index (χ3n) is 4.98. The molecule has 5 aromatic rings. The lowest BCUT2D eigenvalue weighted by Gasteiger charge is -2.05. The van der Waals surface area contributed by atoms with Crippen LogP contribution in [0.15, 0.2) is 72.8 Å². The van der Waals surface area contributed by atoms with E-state index in [1.54, 1.807) is 4.68 Å². The van der Waals surface area contributed by atoms with Crippen LogP contribution in [-0.2, 0) is 0 Å². The third-order valence-corrected chi connectivity index (χ3v) is 7.02. The molecule has 0 fully saturated rings. The van der Waals surface area contributed by atoms with Crippen molar-refractivity contribution in [3.8, 4) is 17.2 Å². The molecule has 3 aromatic heterocycles. The summed E-state index contributed by atoms with van der Waals surface area (Å²) in [6.45, 7) is 4.17. The van der Waals surface area contributed by atoms with E-state index in [1.807, 2.05) is 59.3 Å². The van der Waals surface area contributed by atoms with Crippen molar-refractivity contribution >= 4 is 74.2 Å². The van der Waals surface area contributed by atoms with E-state index < -0.39 is 0 Å². The molecule has 0 radical (unpaired) electrons. The number of rotatable bonds is 3. The lowest BCUT2D eigenvalue weighted by Crippen LogP contribution is -2.02. The fourth-order valence-corrected chi connectivity index (χ4v) is 5.01. The first-order valence-electron chi connectivity index (χ1n) is 10.2. The first-order chi connectivity index (χ1) is 16.2. The van der Waals surface area contributed by atoms with Crippen molar-refractivity contribution < 1.29 is 0 Å². The van der Waals surface area contributed by atoms with Crippen LogP contribution in [0.4, 0.5) is 5.82 Å². The van der Waals surface area contributed by atoms with Gasteiger partial charge in [-0.1, -0.05) is 23.2 Å². The quantitative estimate of drug-likeness (QED) is 0.200. The van der Waals surface area contributed by atoms with Gasteiger partial charge in [-0.2, -0.15) is 0 Å². The minimum Gasteiger partial charge on any atom is -0.382 e. The van der Waals surface area contributed by atoms with E-state index in [1.165, 1.54) is 11.4 Å². The van der Waals surface area contributed by atoms with Crippen molar-refractivity contribution in [3.63, 3.8) is 0 Å². The first-order valence-corrected chi connectivity index (χ1v) is 13.1. The second kappa shape index (κ2) is 10.7. The fourth-order valence-electron chi connectivity index (χ4n) is 3.39. The fraction of sp³-hybridized carbons (Fsp3) is 0.0833. The van der Waals surface area contributed by atoms with Crippen LogP contribution in [0.25, 0.3) is 17.2 Å². The van der Waals surface area contributed by atoms with Crippen molar-refractivity contribution in [1.82, 2.24) is 24.1 Å². The van der Waals surface area contributed by atoms with E-state index >= 15 is 0 Å². The predicted octanol–water partition coefficient (Wildman–Crippen LogP) is 7.25. The Hall–Kier alpha value is -2.02. The molecule has 174 valence electrons. The average molecular weight is 717 g/mol. The van der Waals surface area contributed by atoms with E-state index in [0.717, 1.165) is 29.6 Å². The van der Waals surface area contributed by atoms with Gasteiger partial charge in [0.05, 0.1) is 11.4 Å². The number of anilines is 1. The zero-order valence-electron chi connectivity index (χ0n) is 18.3. The molecule has 0 amide bonds. The van der Waals surface area contributed by atoms with Gasteiger partial charge in [0.2, 0.25) is 0 Å². The summed E-state index contributed by atoms with van der Waals surface area (Å²) < 4.78 is 7.88. The van der Waals surface area contributed by atoms with Crippen LogP contribution < -0.4 is 5.73 Å². The molecule has 6 nitrogen and oxygen atoms in total. The molecule has 10 heteroatoms. The maximum absolute atomic E-state index is 5.93. The number of benzene rings is 2. The number of nitrogens with zero attached hydrogens (tertiary/aromatic N) is 5. The Kier molecular flexibility index (Phi) is 7.90. The number of nitrogen functional groups attached to an aromatic ring is 1. The highest BCUT2D eigenvalue weighted by Crippen LogP contribution is 2.22. The lowest BCUT2D eigenvalue weighted by atomic mass is 10.3. The van der Waals surface area contributed by atoms with Crippen LogP contribution in [0, 0.1) is 21.2 Å². The Morgan fingerprint density at radius 1 is 0.676 bits per heavy atom. The maximum atomic E-state index is 5.93. The standard InChI is InChI=1S/C15H13ClIN3.C9H7ClIN3/c1-10-3-4-11(2)19(10)15-9-14(17)20(18-15)13-7-5-12(16)6-8-13;10-6-1-3-7(4-2-6)14-8(11)5-9(12)13-14/h3-9H,1-2H3;1-5H,(H2,12,13). The van der Waals surface area contributed by atoms with Crippen LogP contribution in [0.5, 0.6) is 0 Å². The number of aromatic nitrogens is 5. The van der Waals surface area contributed by atoms with Crippen molar-refractivity contribution in [2.45, 2.75) is 13.8 Å². The lowest BCUT2D eigenvalue weighted by molar-refractivity contribution is 0.816. The summed E-state index contributed by atoms with van der Waals surface area (Å²) in [7, 11) is 0. The van der Waals surface area contributed by atoms with E-state index in [4.69, 9.17) is 34.0 Å². The summed E-state index contributed by atoms with van der Waals surface area (Å²) in [4.78, 5) is 0. The van der Waals surface area contributed by atoms with Crippen LogP contribution in [0.1, 0.15) is 11.4 Å². The molecule has 0 aliphatic heterocycles. The highest BCUT2D eigenvalue weighted by Gasteiger charge is 2.12. The summed E-state index contributed by atoms with van der Waals surface area (Å²) in [5.74, 6) is 1.45. The van der Waals surface area contributed by atoms with E-state index in [0.29, 0.717) is 10.8 Å². The minimum atomic E-state index is 0.518. The molecule has 2 N–H and O–H groups in total. The maximum Gasteiger partial charge on any atom is 0.160 e. The molecular formula is C24H20Cl2I2N6. The van der Waals surface area contributed by atoms with Crippen molar-refractivity contribution in [2.75, 3.05) is 5.73 Å². The Labute approximate surface area is 234 Å². The molecule has 2 aromatic carbocycles. The van der Waals surface area contributed by atoms with Crippen LogP contribution in [0.3, 0.4) is 0 Å². The SMILES string of the molecule is Cc1ccc(C)n1-c1cc(I)n(-c2ccc(Cl)cc2)n1.Nc1cc(I)n(-c2ccc(Cl)cc2)n1. The Balaban J connectivity index is 0.000000172. The molecule has 5 rings (SSSR count). The van der Waals surface area contributed by atoms with Crippen LogP contribution in [0.2, 0.25) is 10.0 Å². The van der Waals surface area contributed by atoms with Gasteiger partial charge < -0.3 is 10.3 Å². The molecular weight excluding hydrogens is 697 g/mol. The van der Waals surface area contributed by atoms with Gasteiger partial charge in [-0.25, -0.2) is 9.36 Å². The zero-order chi connectivity index (χ0) is 24.4. The largest absolute Gasteiger partial charge is 0.382 e. The van der Waals surface area contributed by atoms with Crippen LogP contribution >= 0.6 is 68.4 Å². The summed E-state index contributed by atoms with van der Waals surface area (Å²) in [6, 6.07) is 23.2. The van der Waals surface area contributed by atoms with Gasteiger partial charge in [-0.15, -0.1) is 10.2 Å². The summed E-state index contributed by atoms with van der Waals surface area (Å²) in [5.41, 5.74) is 9.91. The van der Waals surface area contributed by atoms with Gasteiger partial charge >= 0.3 is 0 Å². The third kappa shape index (κ3) is 5.61. The molecule has 0 saturated carbocycles. The molecule has 0 saturated heterocycles. The Bertz CT molecular complexity index is 1400.